The fourth-order valence-electron chi connectivity index (χ4n) is 2.44. The molecule has 7 heteroatoms. The molecule has 1 aliphatic rings. The van der Waals surface area contributed by atoms with Gasteiger partial charge < -0.3 is 14.2 Å². The summed E-state index contributed by atoms with van der Waals surface area (Å²) in [6.07, 6.45) is 1.42. The van der Waals surface area contributed by atoms with E-state index in [1.165, 1.54) is 19.9 Å². The number of benzene rings is 2. The van der Waals surface area contributed by atoms with Crippen LogP contribution >= 0.6 is 31.9 Å². The predicted molar refractivity (Wildman–Crippen MR) is 107 cm³/mol. The second kappa shape index (κ2) is 7.86. The van der Waals surface area contributed by atoms with Crippen molar-refractivity contribution < 1.29 is 23.8 Å². The SMILES string of the molecule is CC1(C)OC(=O)C(=Cc2cc(Br)ccc2OCc2ccc(Br)cc2)C(=O)O1. The Labute approximate surface area is 173 Å². The van der Waals surface area contributed by atoms with Gasteiger partial charge in [-0.1, -0.05) is 44.0 Å². The zero-order valence-corrected chi connectivity index (χ0v) is 17.8. The normalized spacial score (nSPS) is 15.8. The van der Waals surface area contributed by atoms with Crippen molar-refractivity contribution in [2.24, 2.45) is 0 Å². The molecule has 1 saturated heterocycles. The van der Waals surface area contributed by atoms with Crippen LogP contribution in [0.2, 0.25) is 0 Å². The first kappa shape index (κ1) is 19.6. The number of cyclic esters (lactones) is 2. The number of rotatable bonds is 4. The lowest BCUT2D eigenvalue weighted by Crippen LogP contribution is -2.41. The number of halogens is 2. The number of ether oxygens (including phenoxy) is 3. The third-order valence-corrected chi connectivity index (χ3v) is 4.72. The Morgan fingerprint density at radius 2 is 1.56 bits per heavy atom. The summed E-state index contributed by atoms with van der Waals surface area (Å²) >= 11 is 6.79. The molecule has 1 fully saturated rings. The second-order valence-electron chi connectivity index (χ2n) is 6.33. The van der Waals surface area contributed by atoms with Gasteiger partial charge >= 0.3 is 11.9 Å². The quantitative estimate of drug-likeness (QED) is 0.339. The summed E-state index contributed by atoms with van der Waals surface area (Å²) in [4.78, 5) is 24.4. The van der Waals surface area contributed by atoms with Crippen LogP contribution in [0.1, 0.15) is 25.0 Å². The van der Waals surface area contributed by atoms with Gasteiger partial charge in [0.1, 0.15) is 17.9 Å². The molecule has 0 aliphatic carbocycles. The Balaban J connectivity index is 1.87. The Hall–Kier alpha value is -2.12. The minimum Gasteiger partial charge on any atom is -0.488 e. The summed E-state index contributed by atoms with van der Waals surface area (Å²) in [7, 11) is 0. The zero-order valence-electron chi connectivity index (χ0n) is 14.6. The summed E-state index contributed by atoms with van der Waals surface area (Å²) in [6.45, 7) is 3.35. The molecule has 140 valence electrons. The van der Waals surface area contributed by atoms with Crippen LogP contribution in [0, 0.1) is 0 Å². The lowest BCUT2D eigenvalue weighted by molar-refractivity contribution is -0.222. The van der Waals surface area contributed by atoms with Crippen molar-refractivity contribution in [1.82, 2.24) is 0 Å². The molecule has 0 radical (unpaired) electrons. The van der Waals surface area contributed by atoms with Gasteiger partial charge in [-0.05, 0) is 42.0 Å². The Bertz CT molecular complexity index is 894. The van der Waals surface area contributed by atoms with Gasteiger partial charge in [-0.3, -0.25) is 0 Å². The first-order valence-electron chi connectivity index (χ1n) is 8.09. The minimum absolute atomic E-state index is 0.180. The van der Waals surface area contributed by atoms with E-state index in [1.807, 2.05) is 30.3 Å². The number of hydrogen-bond acceptors (Lipinski definition) is 5. The molecule has 2 aromatic rings. The first-order valence-corrected chi connectivity index (χ1v) is 9.67. The number of carbonyl (C=O) groups is 2. The molecule has 0 bridgehead atoms. The summed E-state index contributed by atoms with van der Waals surface area (Å²) in [5.74, 6) is -2.20. The molecule has 0 saturated carbocycles. The summed E-state index contributed by atoms with van der Waals surface area (Å²) < 4.78 is 17.9. The molecule has 0 N–H and O–H groups in total. The highest BCUT2D eigenvalue weighted by molar-refractivity contribution is 9.10. The highest BCUT2D eigenvalue weighted by Crippen LogP contribution is 2.29. The Kier molecular flexibility index (Phi) is 5.72. The van der Waals surface area contributed by atoms with Gasteiger partial charge in [-0.25, -0.2) is 9.59 Å². The van der Waals surface area contributed by atoms with E-state index in [2.05, 4.69) is 31.9 Å². The van der Waals surface area contributed by atoms with E-state index < -0.39 is 17.7 Å². The first-order chi connectivity index (χ1) is 12.7. The molecule has 0 atom stereocenters. The van der Waals surface area contributed by atoms with Gasteiger partial charge in [-0.15, -0.1) is 0 Å². The van der Waals surface area contributed by atoms with Gasteiger partial charge in [0.15, 0.2) is 0 Å². The van der Waals surface area contributed by atoms with E-state index in [1.54, 1.807) is 12.1 Å². The maximum atomic E-state index is 12.2. The van der Waals surface area contributed by atoms with Crippen LogP contribution in [0.3, 0.4) is 0 Å². The van der Waals surface area contributed by atoms with Crippen LogP contribution in [-0.4, -0.2) is 17.7 Å². The zero-order chi connectivity index (χ0) is 19.6. The number of hydrogen-bond donors (Lipinski definition) is 0. The molecule has 5 nitrogen and oxygen atoms in total. The lowest BCUT2D eigenvalue weighted by Gasteiger charge is -2.29. The molecule has 0 aromatic heterocycles. The van der Waals surface area contributed by atoms with Crippen molar-refractivity contribution in [3.8, 4) is 5.75 Å². The third-order valence-electron chi connectivity index (χ3n) is 3.70. The van der Waals surface area contributed by atoms with Crippen LogP contribution in [0.4, 0.5) is 0 Å². The fraction of sp³-hybridized carbons (Fsp3) is 0.200. The molecule has 1 aliphatic heterocycles. The predicted octanol–water partition coefficient (Wildman–Crippen LogP) is 5.01. The Morgan fingerprint density at radius 1 is 0.963 bits per heavy atom. The highest BCUT2D eigenvalue weighted by Gasteiger charge is 2.39. The van der Waals surface area contributed by atoms with Crippen LogP contribution in [0.25, 0.3) is 6.08 Å². The van der Waals surface area contributed by atoms with E-state index >= 15 is 0 Å². The maximum absolute atomic E-state index is 12.2. The van der Waals surface area contributed by atoms with Crippen LogP contribution in [-0.2, 0) is 25.7 Å². The largest absolute Gasteiger partial charge is 0.488 e. The molecule has 27 heavy (non-hydrogen) atoms. The van der Waals surface area contributed by atoms with Gasteiger partial charge in [0.25, 0.3) is 5.79 Å². The van der Waals surface area contributed by atoms with E-state index in [0.717, 1.165) is 14.5 Å². The van der Waals surface area contributed by atoms with Crippen molar-refractivity contribution in [1.29, 1.82) is 0 Å². The van der Waals surface area contributed by atoms with Crippen molar-refractivity contribution in [3.05, 3.63) is 68.1 Å². The fourth-order valence-corrected chi connectivity index (χ4v) is 3.08. The molecule has 0 spiro atoms. The molecule has 1 heterocycles. The summed E-state index contributed by atoms with van der Waals surface area (Å²) in [6, 6.07) is 13.1. The average molecular weight is 496 g/mol. The van der Waals surface area contributed by atoms with Crippen molar-refractivity contribution in [2.45, 2.75) is 26.2 Å². The second-order valence-corrected chi connectivity index (χ2v) is 8.17. The van der Waals surface area contributed by atoms with Gasteiger partial charge in [0, 0.05) is 28.4 Å². The van der Waals surface area contributed by atoms with Crippen molar-refractivity contribution >= 4 is 49.9 Å². The van der Waals surface area contributed by atoms with Crippen molar-refractivity contribution in [2.75, 3.05) is 0 Å². The third kappa shape index (κ3) is 4.99. The molecule has 0 unspecified atom stereocenters. The number of carbonyl (C=O) groups excluding carboxylic acids is 2. The van der Waals surface area contributed by atoms with Crippen LogP contribution in [0.15, 0.2) is 57.0 Å². The maximum Gasteiger partial charge on any atom is 0.348 e. The molecule has 3 rings (SSSR count). The lowest BCUT2D eigenvalue weighted by atomic mass is 10.1. The highest BCUT2D eigenvalue weighted by atomic mass is 79.9. The van der Waals surface area contributed by atoms with Gasteiger partial charge in [-0.2, -0.15) is 0 Å². The van der Waals surface area contributed by atoms with Crippen LogP contribution in [0.5, 0.6) is 5.75 Å². The minimum atomic E-state index is -1.27. The van der Waals surface area contributed by atoms with Crippen LogP contribution < -0.4 is 4.74 Å². The topological polar surface area (TPSA) is 61.8 Å². The van der Waals surface area contributed by atoms with E-state index in [-0.39, 0.29) is 5.57 Å². The summed E-state index contributed by atoms with van der Waals surface area (Å²) in [5.41, 5.74) is 1.36. The molecular formula is C20H16Br2O5. The van der Waals surface area contributed by atoms with Gasteiger partial charge in [0.2, 0.25) is 0 Å². The Morgan fingerprint density at radius 3 is 2.19 bits per heavy atom. The monoisotopic (exact) mass is 494 g/mol. The van der Waals surface area contributed by atoms with E-state index in [9.17, 15) is 9.59 Å². The summed E-state index contributed by atoms with van der Waals surface area (Å²) in [5, 5.41) is 0. The average Bonchev–Trinajstić information content (AvgIpc) is 2.58. The van der Waals surface area contributed by atoms with E-state index in [4.69, 9.17) is 14.2 Å². The van der Waals surface area contributed by atoms with Gasteiger partial charge in [0.05, 0.1) is 0 Å². The van der Waals surface area contributed by atoms with E-state index in [0.29, 0.717) is 17.9 Å². The smallest absolute Gasteiger partial charge is 0.348 e. The standard InChI is InChI=1S/C20H16Br2O5/c1-20(2)26-18(23)16(19(24)27-20)10-13-9-15(22)7-8-17(13)25-11-12-3-5-14(21)6-4-12/h3-10H,11H2,1-2H3. The molecule has 2 aromatic carbocycles. The molecular weight excluding hydrogens is 480 g/mol. The van der Waals surface area contributed by atoms with Crippen molar-refractivity contribution in [3.63, 3.8) is 0 Å². The number of esters is 2. The molecule has 0 amide bonds.